The zero-order valence-corrected chi connectivity index (χ0v) is 5.20. The second-order valence-electron chi connectivity index (χ2n) is 1.14. The first-order valence-corrected chi connectivity index (χ1v) is 3.74. The van der Waals surface area contributed by atoms with Gasteiger partial charge in [-0.25, -0.2) is 0 Å². The summed E-state index contributed by atoms with van der Waals surface area (Å²) >= 11 is 0. The standard InChI is InChI=1S/C4H12NP/c1-2-6-4-3-5/h6H,2-5H2,1H3. The van der Waals surface area contributed by atoms with Gasteiger partial charge < -0.3 is 5.73 Å². The summed E-state index contributed by atoms with van der Waals surface area (Å²) in [5.74, 6) is 0. The van der Waals surface area contributed by atoms with Crippen LogP contribution in [0.5, 0.6) is 0 Å². The van der Waals surface area contributed by atoms with Crippen LogP contribution >= 0.6 is 8.58 Å². The maximum Gasteiger partial charge on any atom is -0.00402 e. The Hall–Kier alpha value is 0.390. The van der Waals surface area contributed by atoms with Crippen molar-refractivity contribution in [2.75, 3.05) is 18.9 Å². The van der Waals surface area contributed by atoms with E-state index in [1.54, 1.807) is 0 Å². The van der Waals surface area contributed by atoms with Crippen LogP contribution in [-0.4, -0.2) is 18.9 Å². The largest absolute Gasteiger partial charge is 0.330 e. The van der Waals surface area contributed by atoms with Crippen LogP contribution in [0.25, 0.3) is 0 Å². The third-order valence-corrected chi connectivity index (χ3v) is 1.71. The van der Waals surface area contributed by atoms with Gasteiger partial charge in [-0.05, 0) is 18.9 Å². The highest BCUT2D eigenvalue weighted by atomic mass is 31.1. The fourth-order valence-corrected chi connectivity index (χ4v) is 0.837. The van der Waals surface area contributed by atoms with E-state index in [-0.39, 0.29) is 0 Å². The lowest BCUT2D eigenvalue weighted by Crippen LogP contribution is -1.99. The maximum atomic E-state index is 5.22. The predicted molar refractivity (Wildman–Crippen MR) is 32.8 cm³/mol. The van der Waals surface area contributed by atoms with Crippen molar-refractivity contribution in [3.8, 4) is 0 Å². The van der Waals surface area contributed by atoms with Crippen LogP contribution in [0.4, 0.5) is 0 Å². The van der Waals surface area contributed by atoms with Crippen molar-refractivity contribution >= 4 is 8.58 Å². The monoisotopic (exact) mass is 105 g/mol. The molecule has 0 aromatic carbocycles. The average molecular weight is 105 g/mol. The quantitative estimate of drug-likeness (QED) is 0.413. The molecule has 0 aliphatic carbocycles. The molecule has 0 heterocycles. The lowest BCUT2D eigenvalue weighted by atomic mass is 10.8. The van der Waals surface area contributed by atoms with Gasteiger partial charge in [0.1, 0.15) is 0 Å². The molecule has 0 aliphatic heterocycles. The summed E-state index contributed by atoms with van der Waals surface area (Å²) in [6.07, 6.45) is 2.52. The van der Waals surface area contributed by atoms with Gasteiger partial charge >= 0.3 is 0 Å². The van der Waals surface area contributed by atoms with Gasteiger partial charge in [0.05, 0.1) is 0 Å². The second kappa shape index (κ2) is 5.39. The molecule has 0 saturated carbocycles. The van der Waals surface area contributed by atoms with Gasteiger partial charge in [0.15, 0.2) is 0 Å². The van der Waals surface area contributed by atoms with E-state index in [0.29, 0.717) is 0 Å². The van der Waals surface area contributed by atoms with Crippen LogP contribution in [0.1, 0.15) is 6.92 Å². The first-order valence-electron chi connectivity index (χ1n) is 2.32. The van der Waals surface area contributed by atoms with Crippen molar-refractivity contribution in [1.29, 1.82) is 0 Å². The molecular formula is C4H12NP. The fraction of sp³-hybridized carbons (Fsp3) is 1.00. The van der Waals surface area contributed by atoms with E-state index in [0.717, 1.165) is 15.1 Å². The third-order valence-electron chi connectivity index (χ3n) is 0.571. The Morgan fingerprint density at radius 3 is 2.50 bits per heavy atom. The van der Waals surface area contributed by atoms with Gasteiger partial charge in [0.2, 0.25) is 0 Å². The summed E-state index contributed by atoms with van der Waals surface area (Å²) in [5, 5.41) is 0. The van der Waals surface area contributed by atoms with Gasteiger partial charge in [0.25, 0.3) is 0 Å². The van der Waals surface area contributed by atoms with Gasteiger partial charge in [-0.3, -0.25) is 0 Å². The van der Waals surface area contributed by atoms with E-state index in [4.69, 9.17) is 5.73 Å². The topological polar surface area (TPSA) is 26.0 Å². The van der Waals surface area contributed by atoms with E-state index >= 15 is 0 Å². The molecule has 0 saturated heterocycles. The molecule has 0 rings (SSSR count). The Bertz CT molecular complexity index is 19.5. The minimum atomic E-state index is 0.867. The SMILES string of the molecule is CCPCCN. The zero-order chi connectivity index (χ0) is 4.83. The second-order valence-corrected chi connectivity index (χ2v) is 2.85. The Labute approximate surface area is 41.1 Å². The molecule has 38 valence electrons. The molecule has 0 aromatic rings. The minimum absolute atomic E-state index is 0.867. The summed E-state index contributed by atoms with van der Waals surface area (Å²) in [4.78, 5) is 0. The Balaban J connectivity index is 2.34. The number of nitrogens with two attached hydrogens (primary N) is 1. The minimum Gasteiger partial charge on any atom is -0.330 e. The average Bonchev–Trinajstić information content (AvgIpc) is 1.61. The molecule has 0 bridgehead atoms. The summed E-state index contributed by atoms with van der Waals surface area (Å²) in [5.41, 5.74) is 5.22. The third kappa shape index (κ3) is 4.39. The summed E-state index contributed by atoms with van der Waals surface area (Å²) in [7, 11) is 1.09. The molecule has 0 aromatic heterocycles. The van der Waals surface area contributed by atoms with Gasteiger partial charge in [-0.1, -0.05) is 6.92 Å². The van der Waals surface area contributed by atoms with Crippen molar-refractivity contribution in [2.45, 2.75) is 6.92 Å². The van der Waals surface area contributed by atoms with Gasteiger partial charge in [0, 0.05) is 0 Å². The van der Waals surface area contributed by atoms with Gasteiger partial charge in [-0.2, -0.15) is 0 Å². The molecule has 0 fully saturated rings. The molecule has 0 radical (unpaired) electrons. The zero-order valence-electron chi connectivity index (χ0n) is 4.20. The number of rotatable bonds is 3. The van der Waals surface area contributed by atoms with Crippen LogP contribution in [0.3, 0.4) is 0 Å². The molecule has 1 atom stereocenters. The van der Waals surface area contributed by atoms with E-state index in [2.05, 4.69) is 6.92 Å². The molecular weight excluding hydrogens is 93.0 g/mol. The van der Waals surface area contributed by atoms with Crippen LogP contribution < -0.4 is 5.73 Å². The molecule has 2 N–H and O–H groups in total. The van der Waals surface area contributed by atoms with Crippen molar-refractivity contribution in [3.63, 3.8) is 0 Å². The van der Waals surface area contributed by atoms with E-state index < -0.39 is 0 Å². The number of hydrogen-bond donors (Lipinski definition) is 1. The molecule has 2 heteroatoms. The molecule has 1 nitrogen and oxygen atoms in total. The van der Waals surface area contributed by atoms with Crippen molar-refractivity contribution in [2.24, 2.45) is 5.73 Å². The predicted octanol–water partition coefficient (Wildman–Crippen LogP) is 0.643. The van der Waals surface area contributed by atoms with Crippen LogP contribution in [0.15, 0.2) is 0 Å². The summed E-state index contributed by atoms with van der Waals surface area (Å²) < 4.78 is 0. The Kier molecular flexibility index (Phi) is 5.74. The van der Waals surface area contributed by atoms with Crippen LogP contribution in [0, 0.1) is 0 Å². The summed E-state index contributed by atoms with van der Waals surface area (Å²) in [6, 6.07) is 0. The lowest BCUT2D eigenvalue weighted by Gasteiger charge is -1.87. The van der Waals surface area contributed by atoms with Gasteiger partial charge in [-0.15, -0.1) is 8.58 Å². The van der Waals surface area contributed by atoms with E-state index in [1.165, 1.54) is 12.3 Å². The molecule has 0 amide bonds. The van der Waals surface area contributed by atoms with Crippen molar-refractivity contribution in [3.05, 3.63) is 0 Å². The smallest absolute Gasteiger partial charge is 0.00402 e. The van der Waals surface area contributed by atoms with E-state index in [9.17, 15) is 0 Å². The first-order chi connectivity index (χ1) is 2.91. The number of hydrogen-bond acceptors (Lipinski definition) is 1. The van der Waals surface area contributed by atoms with Crippen LogP contribution in [-0.2, 0) is 0 Å². The first kappa shape index (κ1) is 6.39. The normalized spacial score (nSPS) is 11.0. The summed E-state index contributed by atoms with van der Waals surface area (Å²) in [6.45, 7) is 3.06. The highest BCUT2D eigenvalue weighted by molar-refractivity contribution is 7.37. The Morgan fingerprint density at radius 1 is 1.67 bits per heavy atom. The highest BCUT2D eigenvalue weighted by Crippen LogP contribution is 2.03. The molecule has 1 unspecified atom stereocenters. The Morgan fingerprint density at radius 2 is 2.33 bits per heavy atom. The molecule has 6 heavy (non-hydrogen) atoms. The van der Waals surface area contributed by atoms with Crippen molar-refractivity contribution in [1.82, 2.24) is 0 Å². The van der Waals surface area contributed by atoms with Crippen LogP contribution in [0.2, 0.25) is 0 Å². The fourth-order valence-electron chi connectivity index (χ4n) is 0.279. The molecule has 0 spiro atoms. The van der Waals surface area contributed by atoms with Crippen molar-refractivity contribution < 1.29 is 0 Å². The maximum absolute atomic E-state index is 5.22. The molecule has 0 aliphatic rings. The lowest BCUT2D eigenvalue weighted by molar-refractivity contribution is 1.14. The van der Waals surface area contributed by atoms with E-state index in [1.807, 2.05) is 0 Å². The highest BCUT2D eigenvalue weighted by Gasteiger charge is 1.74.